The second-order valence-electron chi connectivity index (χ2n) is 8.19. The first-order valence-electron chi connectivity index (χ1n) is 10.3. The van der Waals surface area contributed by atoms with Gasteiger partial charge in [0.05, 0.1) is 16.9 Å². The third kappa shape index (κ3) is 3.81. The van der Waals surface area contributed by atoms with Gasteiger partial charge in [0.15, 0.2) is 5.88 Å². The maximum absolute atomic E-state index is 10.6. The van der Waals surface area contributed by atoms with Gasteiger partial charge < -0.3 is 25.0 Å². The first-order valence-corrected chi connectivity index (χ1v) is 10.3. The molecule has 2 aromatic carbocycles. The van der Waals surface area contributed by atoms with Crippen molar-refractivity contribution in [1.82, 2.24) is 4.57 Å². The molecule has 0 aliphatic carbocycles. The van der Waals surface area contributed by atoms with Crippen molar-refractivity contribution >= 4 is 22.3 Å². The topological polar surface area (TPSA) is 89.1 Å². The van der Waals surface area contributed by atoms with Crippen LogP contribution in [0.25, 0.3) is 16.6 Å². The molecule has 6 nitrogen and oxygen atoms in total. The highest BCUT2D eigenvalue weighted by Crippen LogP contribution is 2.42. The van der Waals surface area contributed by atoms with E-state index in [9.17, 15) is 20.4 Å². The van der Waals surface area contributed by atoms with Crippen molar-refractivity contribution < 1.29 is 20.4 Å². The molecule has 0 aliphatic rings. The fourth-order valence-corrected chi connectivity index (χ4v) is 3.95. The molecule has 0 bridgehead atoms. The molecular weight excluding hydrogens is 392 g/mol. The highest BCUT2D eigenvalue weighted by atomic mass is 16.3. The van der Waals surface area contributed by atoms with Crippen LogP contribution in [0, 0.1) is 0 Å². The Morgan fingerprint density at radius 3 is 2.23 bits per heavy atom. The van der Waals surface area contributed by atoms with E-state index < -0.39 is 0 Å². The zero-order valence-electron chi connectivity index (χ0n) is 18.6. The molecule has 0 aliphatic heterocycles. The molecule has 164 valence electrons. The molecule has 4 N–H and O–H groups in total. The number of aliphatic hydroxyl groups excluding tert-OH is 1. The van der Waals surface area contributed by atoms with E-state index in [-0.39, 0.29) is 35.1 Å². The quantitative estimate of drug-likeness (QED) is 0.347. The highest BCUT2D eigenvalue weighted by Gasteiger charge is 2.24. The number of hydrogen-bond donors (Lipinski definition) is 4. The molecular formula is C25H30N2O4. The maximum Gasteiger partial charge on any atom is 0.188 e. The van der Waals surface area contributed by atoms with Crippen molar-refractivity contribution in [3.63, 3.8) is 0 Å². The smallest absolute Gasteiger partial charge is 0.188 e. The highest BCUT2D eigenvalue weighted by molar-refractivity contribution is 6.01. The number of aromatic hydroxyl groups is 3. The summed E-state index contributed by atoms with van der Waals surface area (Å²) < 4.78 is 1.96. The van der Waals surface area contributed by atoms with Crippen LogP contribution in [0.2, 0.25) is 0 Å². The normalized spacial score (nSPS) is 12.2. The van der Waals surface area contributed by atoms with Gasteiger partial charge in [-0.25, -0.2) is 0 Å². The summed E-state index contributed by atoms with van der Waals surface area (Å²) in [5.74, 6) is -0.171. The lowest BCUT2D eigenvalue weighted by molar-refractivity contribution is 0.406. The van der Waals surface area contributed by atoms with Crippen LogP contribution in [-0.2, 0) is 0 Å². The minimum absolute atomic E-state index is 0.0158. The van der Waals surface area contributed by atoms with Gasteiger partial charge in [0, 0.05) is 29.3 Å². The summed E-state index contributed by atoms with van der Waals surface area (Å²) in [5, 5.41) is 42.7. The zero-order valence-corrected chi connectivity index (χ0v) is 18.6. The SMILES string of the molecule is C=C(O)N(/C(=C\C)c1cc(C(C)C)c(O)cc1O)c1ccc(O)c2c1ccn2C(C)C. The number of allylic oxidation sites excluding steroid dienone is 1. The van der Waals surface area contributed by atoms with E-state index in [1.54, 1.807) is 31.2 Å². The van der Waals surface area contributed by atoms with Gasteiger partial charge in [0.25, 0.3) is 0 Å². The van der Waals surface area contributed by atoms with E-state index >= 15 is 0 Å². The van der Waals surface area contributed by atoms with Crippen molar-refractivity contribution in [3.05, 3.63) is 66.2 Å². The fraction of sp³-hybridized carbons (Fsp3) is 0.280. The van der Waals surface area contributed by atoms with Crippen LogP contribution in [0.3, 0.4) is 0 Å². The molecule has 3 aromatic rings. The number of phenols is 3. The molecule has 0 amide bonds. The summed E-state index contributed by atoms with van der Waals surface area (Å²) in [6.07, 6.45) is 3.65. The standard InChI is InChI=1S/C25H30N2O4/c1-7-20(19-12-18(14(2)3)23(30)13-24(19)31)27(16(6)28)21-8-9-22(29)25-17(21)10-11-26(25)15(4)5/h7-15,28-31H,6H2,1-5H3/b20-7-. The van der Waals surface area contributed by atoms with Crippen molar-refractivity contribution in [1.29, 1.82) is 0 Å². The number of fused-ring (bicyclic) bond motifs is 1. The van der Waals surface area contributed by atoms with Crippen LogP contribution >= 0.6 is 0 Å². The minimum atomic E-state index is -0.240. The van der Waals surface area contributed by atoms with Crippen molar-refractivity contribution in [2.45, 2.75) is 46.6 Å². The number of rotatable bonds is 6. The zero-order chi connectivity index (χ0) is 23.0. The summed E-state index contributed by atoms with van der Waals surface area (Å²) in [5.41, 5.74) is 2.87. The van der Waals surface area contributed by atoms with E-state index in [0.717, 1.165) is 5.39 Å². The number of nitrogens with zero attached hydrogens (tertiary/aromatic N) is 2. The molecule has 0 unspecified atom stereocenters. The summed E-state index contributed by atoms with van der Waals surface area (Å²) in [6.45, 7) is 13.5. The van der Waals surface area contributed by atoms with E-state index in [1.807, 2.05) is 44.5 Å². The lowest BCUT2D eigenvalue weighted by atomic mass is 9.96. The Kier molecular flexibility index (Phi) is 5.93. The average Bonchev–Trinajstić information content (AvgIpc) is 3.13. The van der Waals surface area contributed by atoms with Crippen LogP contribution in [0.5, 0.6) is 17.2 Å². The molecule has 1 heterocycles. The lowest BCUT2D eigenvalue weighted by Gasteiger charge is -2.28. The maximum atomic E-state index is 10.6. The number of anilines is 1. The van der Waals surface area contributed by atoms with Gasteiger partial charge in [-0.15, -0.1) is 0 Å². The fourth-order valence-electron chi connectivity index (χ4n) is 3.95. The predicted octanol–water partition coefficient (Wildman–Crippen LogP) is 6.36. The number of phenolic OH excluding ortho intramolecular Hbond substituents is 3. The summed E-state index contributed by atoms with van der Waals surface area (Å²) in [7, 11) is 0. The average molecular weight is 423 g/mol. The van der Waals surface area contributed by atoms with Crippen LogP contribution in [0.1, 0.15) is 57.7 Å². The molecule has 0 fully saturated rings. The van der Waals surface area contributed by atoms with Gasteiger partial charge in [-0.3, -0.25) is 4.90 Å². The van der Waals surface area contributed by atoms with Gasteiger partial charge in [-0.2, -0.15) is 0 Å². The van der Waals surface area contributed by atoms with E-state index in [4.69, 9.17) is 0 Å². The summed E-state index contributed by atoms with van der Waals surface area (Å²) >= 11 is 0. The molecule has 0 spiro atoms. The van der Waals surface area contributed by atoms with E-state index in [1.165, 1.54) is 11.0 Å². The van der Waals surface area contributed by atoms with Gasteiger partial charge in [0.1, 0.15) is 17.2 Å². The first kappa shape index (κ1) is 22.2. The molecule has 0 saturated carbocycles. The van der Waals surface area contributed by atoms with Crippen molar-refractivity contribution in [3.8, 4) is 17.2 Å². The second-order valence-corrected chi connectivity index (χ2v) is 8.19. The summed E-state index contributed by atoms with van der Waals surface area (Å²) in [4.78, 5) is 1.53. The van der Waals surface area contributed by atoms with Crippen LogP contribution in [-0.4, -0.2) is 25.0 Å². The summed E-state index contributed by atoms with van der Waals surface area (Å²) in [6, 6.07) is 8.32. The van der Waals surface area contributed by atoms with Gasteiger partial charge in [0.2, 0.25) is 0 Å². The van der Waals surface area contributed by atoms with Gasteiger partial charge in [-0.1, -0.05) is 19.9 Å². The molecule has 0 saturated heterocycles. The molecule has 3 rings (SSSR count). The molecule has 0 atom stereocenters. The second kappa shape index (κ2) is 8.30. The van der Waals surface area contributed by atoms with E-state index in [0.29, 0.717) is 28.0 Å². The van der Waals surface area contributed by atoms with Crippen molar-refractivity contribution in [2.24, 2.45) is 0 Å². The Morgan fingerprint density at radius 2 is 1.68 bits per heavy atom. The van der Waals surface area contributed by atoms with Crippen molar-refractivity contribution in [2.75, 3.05) is 4.90 Å². The minimum Gasteiger partial charge on any atom is -0.508 e. The predicted molar refractivity (Wildman–Crippen MR) is 126 cm³/mol. The van der Waals surface area contributed by atoms with Gasteiger partial charge in [-0.05, 0) is 63.1 Å². The largest absolute Gasteiger partial charge is 0.508 e. The monoisotopic (exact) mass is 422 g/mol. The Bertz CT molecular complexity index is 1170. The first-order chi connectivity index (χ1) is 14.6. The number of aromatic nitrogens is 1. The van der Waals surface area contributed by atoms with Crippen LogP contribution in [0.4, 0.5) is 5.69 Å². The molecule has 6 heteroatoms. The number of benzene rings is 2. The van der Waals surface area contributed by atoms with E-state index in [2.05, 4.69) is 6.58 Å². The molecule has 0 radical (unpaired) electrons. The third-order valence-electron chi connectivity index (χ3n) is 5.45. The third-order valence-corrected chi connectivity index (χ3v) is 5.45. The Balaban J connectivity index is 2.28. The Morgan fingerprint density at radius 1 is 1.00 bits per heavy atom. The van der Waals surface area contributed by atoms with Gasteiger partial charge >= 0.3 is 0 Å². The molecule has 1 aromatic heterocycles. The Hall–Kier alpha value is -3.54. The Labute approximate surface area is 182 Å². The van der Waals surface area contributed by atoms with Crippen LogP contribution in [0.15, 0.2) is 55.1 Å². The lowest BCUT2D eigenvalue weighted by Crippen LogP contribution is -2.20. The number of hydrogen-bond acceptors (Lipinski definition) is 5. The molecule has 31 heavy (non-hydrogen) atoms. The van der Waals surface area contributed by atoms with Crippen LogP contribution < -0.4 is 4.90 Å². The number of aliphatic hydroxyl groups is 1.